The molecule has 0 saturated carbocycles. The van der Waals surface area contributed by atoms with Crippen LogP contribution in [0.4, 0.5) is 0 Å². The summed E-state index contributed by atoms with van der Waals surface area (Å²) in [6.45, 7) is 8.23. The van der Waals surface area contributed by atoms with Gasteiger partial charge in [0.2, 0.25) is 0 Å². The van der Waals surface area contributed by atoms with E-state index in [4.69, 9.17) is 0 Å². The van der Waals surface area contributed by atoms with Crippen molar-refractivity contribution < 1.29 is 0 Å². The van der Waals surface area contributed by atoms with Crippen LogP contribution in [0.25, 0.3) is 0 Å². The summed E-state index contributed by atoms with van der Waals surface area (Å²) in [4.78, 5) is 2.60. The van der Waals surface area contributed by atoms with Crippen molar-refractivity contribution in [1.82, 2.24) is 10.2 Å². The minimum atomic E-state index is 0.459. The second-order valence-corrected chi connectivity index (χ2v) is 6.54. The molecule has 0 aliphatic carbocycles. The van der Waals surface area contributed by atoms with Gasteiger partial charge < -0.3 is 10.2 Å². The number of likely N-dealkylation sites (tertiary alicyclic amines) is 1. The van der Waals surface area contributed by atoms with Crippen LogP contribution in [0.3, 0.4) is 0 Å². The van der Waals surface area contributed by atoms with E-state index in [0.29, 0.717) is 6.04 Å². The first kappa shape index (κ1) is 15.5. The monoisotopic (exact) mass is 274 g/mol. The van der Waals surface area contributed by atoms with Gasteiger partial charge in [-0.05, 0) is 56.4 Å². The Bertz CT molecular complexity index is 377. The van der Waals surface area contributed by atoms with Crippen LogP contribution in [0, 0.1) is 5.92 Å². The summed E-state index contributed by atoms with van der Waals surface area (Å²) in [7, 11) is 2.08. The molecule has 112 valence electrons. The minimum Gasteiger partial charge on any atom is -0.312 e. The zero-order valence-corrected chi connectivity index (χ0v) is 13.4. The molecule has 20 heavy (non-hydrogen) atoms. The van der Waals surface area contributed by atoms with Crippen LogP contribution >= 0.6 is 0 Å². The average molecular weight is 274 g/mol. The van der Waals surface area contributed by atoms with Gasteiger partial charge in [0, 0.05) is 12.6 Å². The summed E-state index contributed by atoms with van der Waals surface area (Å²) in [5.74, 6) is 0.731. The highest BCUT2D eigenvalue weighted by Gasteiger charge is 2.16. The Morgan fingerprint density at radius 3 is 2.25 bits per heavy atom. The predicted molar refractivity (Wildman–Crippen MR) is 87.1 cm³/mol. The van der Waals surface area contributed by atoms with Crippen LogP contribution in [-0.2, 0) is 6.42 Å². The molecule has 1 fully saturated rings. The molecule has 1 unspecified atom stereocenters. The number of hydrogen-bond donors (Lipinski definition) is 1. The molecule has 2 heteroatoms. The third-order valence-electron chi connectivity index (χ3n) is 4.26. The summed E-state index contributed by atoms with van der Waals surface area (Å²) in [5, 5.41) is 3.48. The number of nitrogens with zero attached hydrogens (tertiary/aromatic N) is 1. The van der Waals surface area contributed by atoms with Crippen molar-refractivity contribution in [2.75, 3.05) is 26.7 Å². The van der Waals surface area contributed by atoms with Gasteiger partial charge in [-0.3, -0.25) is 0 Å². The maximum absolute atomic E-state index is 3.48. The topological polar surface area (TPSA) is 15.3 Å². The maximum Gasteiger partial charge on any atom is 0.0446 e. The van der Waals surface area contributed by atoms with Crippen LogP contribution in [0.5, 0.6) is 0 Å². The molecule has 2 rings (SSSR count). The van der Waals surface area contributed by atoms with Gasteiger partial charge in [0.15, 0.2) is 0 Å². The Morgan fingerprint density at radius 1 is 1.05 bits per heavy atom. The minimum absolute atomic E-state index is 0.459. The van der Waals surface area contributed by atoms with E-state index < -0.39 is 0 Å². The summed E-state index contributed by atoms with van der Waals surface area (Å²) in [6.07, 6.45) is 5.31. The van der Waals surface area contributed by atoms with Gasteiger partial charge in [-0.15, -0.1) is 0 Å². The number of nitrogens with one attached hydrogen (secondary N) is 1. The summed E-state index contributed by atoms with van der Waals surface area (Å²) in [5.41, 5.74) is 2.88. The largest absolute Gasteiger partial charge is 0.312 e. The van der Waals surface area contributed by atoms with Gasteiger partial charge in [-0.25, -0.2) is 0 Å². The molecule has 1 N–H and O–H groups in total. The van der Waals surface area contributed by atoms with Crippen LogP contribution in [0.15, 0.2) is 24.3 Å². The van der Waals surface area contributed by atoms with E-state index in [0.717, 1.165) is 12.5 Å². The lowest BCUT2D eigenvalue weighted by Crippen LogP contribution is -2.37. The lowest BCUT2D eigenvalue weighted by Gasteiger charge is -2.30. The van der Waals surface area contributed by atoms with Crippen molar-refractivity contribution in [2.45, 2.75) is 45.6 Å². The van der Waals surface area contributed by atoms with Crippen molar-refractivity contribution in [2.24, 2.45) is 5.92 Å². The summed E-state index contributed by atoms with van der Waals surface area (Å²) in [6, 6.07) is 9.68. The highest BCUT2D eigenvalue weighted by Crippen LogP contribution is 2.19. The van der Waals surface area contributed by atoms with Gasteiger partial charge in [0.1, 0.15) is 0 Å². The molecule has 1 heterocycles. The molecular weight excluding hydrogens is 244 g/mol. The molecular formula is C18H30N2. The van der Waals surface area contributed by atoms with E-state index >= 15 is 0 Å². The molecule has 0 amide bonds. The summed E-state index contributed by atoms with van der Waals surface area (Å²) >= 11 is 0. The number of hydrogen-bond acceptors (Lipinski definition) is 2. The van der Waals surface area contributed by atoms with Crippen molar-refractivity contribution in [1.29, 1.82) is 0 Å². The molecule has 2 nitrogen and oxygen atoms in total. The van der Waals surface area contributed by atoms with Crippen LogP contribution < -0.4 is 5.32 Å². The normalized spacial score (nSPS) is 18.4. The zero-order chi connectivity index (χ0) is 14.4. The molecule has 1 aromatic rings. The van der Waals surface area contributed by atoms with E-state index in [1.165, 1.54) is 49.9 Å². The van der Waals surface area contributed by atoms with Crippen molar-refractivity contribution in [3.8, 4) is 0 Å². The Labute approximate surface area is 124 Å². The average Bonchev–Trinajstić information content (AvgIpc) is 2.46. The van der Waals surface area contributed by atoms with Crippen molar-refractivity contribution >= 4 is 0 Å². The smallest absolute Gasteiger partial charge is 0.0446 e. The van der Waals surface area contributed by atoms with Gasteiger partial charge in [-0.1, -0.05) is 44.5 Å². The third kappa shape index (κ3) is 4.60. The second-order valence-electron chi connectivity index (χ2n) is 6.54. The highest BCUT2D eigenvalue weighted by atomic mass is 15.1. The number of piperidine rings is 1. The first-order valence-electron chi connectivity index (χ1n) is 8.17. The zero-order valence-electron chi connectivity index (χ0n) is 13.4. The van der Waals surface area contributed by atoms with Crippen LogP contribution in [0.2, 0.25) is 0 Å². The maximum atomic E-state index is 3.48. The van der Waals surface area contributed by atoms with E-state index in [9.17, 15) is 0 Å². The Morgan fingerprint density at radius 2 is 1.70 bits per heavy atom. The van der Waals surface area contributed by atoms with Gasteiger partial charge in [0.05, 0.1) is 0 Å². The van der Waals surface area contributed by atoms with Crippen molar-refractivity contribution in [3.63, 3.8) is 0 Å². The molecule has 0 aromatic heterocycles. The Balaban J connectivity index is 1.95. The first-order valence-corrected chi connectivity index (χ1v) is 8.17. The van der Waals surface area contributed by atoms with Gasteiger partial charge in [0.25, 0.3) is 0 Å². The van der Waals surface area contributed by atoms with Crippen LogP contribution in [0.1, 0.15) is 50.3 Å². The number of likely N-dealkylation sites (N-methyl/N-ethyl adjacent to an activating group) is 1. The fourth-order valence-electron chi connectivity index (χ4n) is 3.12. The molecule has 0 bridgehead atoms. The number of rotatable bonds is 6. The Hall–Kier alpha value is -0.860. The molecule has 0 spiro atoms. The highest BCUT2D eigenvalue weighted by molar-refractivity contribution is 5.25. The molecule has 1 aliphatic heterocycles. The fraction of sp³-hybridized carbons (Fsp3) is 0.667. The van der Waals surface area contributed by atoms with Crippen LogP contribution in [-0.4, -0.2) is 31.6 Å². The third-order valence-corrected chi connectivity index (χ3v) is 4.26. The fourth-order valence-corrected chi connectivity index (χ4v) is 3.12. The molecule has 1 atom stereocenters. The summed E-state index contributed by atoms with van der Waals surface area (Å²) < 4.78 is 0. The standard InChI is InChI=1S/C18H30N2/c1-15(2)13-16-7-9-17(10-8-16)18(19-3)14-20-11-5-4-6-12-20/h7-10,15,18-19H,4-6,11-14H2,1-3H3. The quantitative estimate of drug-likeness (QED) is 0.852. The van der Waals surface area contributed by atoms with Gasteiger partial charge >= 0.3 is 0 Å². The second kappa shape index (κ2) is 7.80. The lowest BCUT2D eigenvalue weighted by atomic mass is 9.99. The molecule has 1 saturated heterocycles. The predicted octanol–water partition coefficient (Wildman–Crippen LogP) is 3.63. The first-order chi connectivity index (χ1) is 9.69. The SMILES string of the molecule is CNC(CN1CCCCC1)c1ccc(CC(C)C)cc1. The van der Waals surface area contributed by atoms with Crippen molar-refractivity contribution in [3.05, 3.63) is 35.4 Å². The number of benzene rings is 1. The Kier molecular flexibility index (Phi) is 6.06. The molecule has 1 aromatic carbocycles. The van der Waals surface area contributed by atoms with E-state index in [-0.39, 0.29) is 0 Å². The van der Waals surface area contributed by atoms with Gasteiger partial charge in [-0.2, -0.15) is 0 Å². The van der Waals surface area contributed by atoms with E-state index in [2.05, 4.69) is 55.4 Å². The molecule has 0 radical (unpaired) electrons. The van der Waals surface area contributed by atoms with E-state index in [1.54, 1.807) is 0 Å². The van der Waals surface area contributed by atoms with E-state index in [1.807, 2.05) is 0 Å². The lowest BCUT2D eigenvalue weighted by molar-refractivity contribution is 0.208. The molecule has 1 aliphatic rings.